The van der Waals surface area contributed by atoms with Gasteiger partial charge in [0.05, 0.1) is 5.39 Å². The highest BCUT2D eigenvalue weighted by atomic mass is 16.2. The van der Waals surface area contributed by atoms with Crippen molar-refractivity contribution in [3.05, 3.63) is 42.1 Å². The number of nitrogens with zero attached hydrogens (tertiary/aromatic N) is 3. The highest BCUT2D eigenvalue weighted by Gasteiger charge is 2.24. The summed E-state index contributed by atoms with van der Waals surface area (Å²) in [6, 6.07) is 11.5. The molecule has 0 radical (unpaired) electrons. The van der Waals surface area contributed by atoms with Gasteiger partial charge in [-0.1, -0.05) is 37.3 Å². The van der Waals surface area contributed by atoms with E-state index in [1.54, 1.807) is 0 Å². The Morgan fingerprint density at radius 2 is 1.87 bits per heavy atom. The zero-order chi connectivity index (χ0) is 21.8. The van der Waals surface area contributed by atoms with Crippen LogP contribution >= 0.6 is 0 Å². The van der Waals surface area contributed by atoms with E-state index in [4.69, 9.17) is 4.98 Å². The molecule has 1 aromatic carbocycles. The number of hydrogen-bond acceptors (Lipinski definition) is 5. The van der Waals surface area contributed by atoms with Gasteiger partial charge in [0.2, 0.25) is 5.91 Å². The molecular formula is C23H28N6O2. The number of benzene rings is 1. The number of anilines is 1. The fourth-order valence-corrected chi connectivity index (χ4v) is 3.78. The molecule has 0 aliphatic carbocycles. The Kier molecular flexibility index (Phi) is 6.16. The van der Waals surface area contributed by atoms with E-state index in [1.165, 1.54) is 6.92 Å². The summed E-state index contributed by atoms with van der Waals surface area (Å²) in [5.41, 5.74) is 2.03. The molecule has 8 heteroatoms. The summed E-state index contributed by atoms with van der Waals surface area (Å²) in [5, 5.41) is 6.81. The lowest BCUT2D eigenvalue weighted by atomic mass is 9.99. The van der Waals surface area contributed by atoms with Gasteiger partial charge >= 0.3 is 0 Å². The predicted octanol–water partition coefficient (Wildman–Crippen LogP) is 3.05. The number of rotatable bonds is 6. The van der Waals surface area contributed by atoms with Crippen LogP contribution in [0.15, 0.2) is 36.4 Å². The maximum atomic E-state index is 13.1. The topological polar surface area (TPSA) is 103 Å². The third kappa shape index (κ3) is 4.84. The monoisotopic (exact) mass is 420 g/mol. The molecule has 3 heterocycles. The van der Waals surface area contributed by atoms with Gasteiger partial charge in [-0.25, -0.2) is 9.97 Å². The SMILES string of the molecule is CC(=O)NCCNc1nc(-c2ccccc2)nc2[nH]c(C(=O)N3CCC(C)CC3)cc12. The number of H-pyrrole nitrogens is 1. The van der Waals surface area contributed by atoms with Crippen LogP contribution in [0.25, 0.3) is 22.4 Å². The van der Waals surface area contributed by atoms with Crippen LogP contribution in [-0.2, 0) is 4.79 Å². The number of nitrogens with one attached hydrogen (secondary N) is 3. The number of aromatic amines is 1. The van der Waals surface area contributed by atoms with Gasteiger partial charge in [0.25, 0.3) is 5.91 Å². The highest BCUT2D eigenvalue weighted by molar-refractivity contribution is 6.00. The van der Waals surface area contributed by atoms with Crippen LogP contribution in [0.2, 0.25) is 0 Å². The maximum absolute atomic E-state index is 13.1. The van der Waals surface area contributed by atoms with E-state index < -0.39 is 0 Å². The summed E-state index contributed by atoms with van der Waals surface area (Å²) in [6.45, 7) is 6.25. The number of fused-ring (bicyclic) bond motifs is 1. The van der Waals surface area contributed by atoms with Crippen LogP contribution in [-0.4, -0.2) is 57.8 Å². The lowest BCUT2D eigenvalue weighted by molar-refractivity contribution is -0.118. The Morgan fingerprint density at radius 1 is 1.13 bits per heavy atom. The van der Waals surface area contributed by atoms with Gasteiger partial charge in [0.1, 0.15) is 17.2 Å². The Balaban J connectivity index is 1.65. The molecule has 0 atom stereocenters. The highest BCUT2D eigenvalue weighted by Crippen LogP contribution is 2.27. The molecule has 4 rings (SSSR count). The largest absolute Gasteiger partial charge is 0.368 e. The van der Waals surface area contributed by atoms with Crippen molar-refractivity contribution in [2.24, 2.45) is 5.92 Å². The van der Waals surface area contributed by atoms with Crippen LogP contribution in [0.5, 0.6) is 0 Å². The number of aromatic nitrogens is 3. The van der Waals surface area contributed by atoms with E-state index in [-0.39, 0.29) is 11.8 Å². The standard InChI is InChI=1S/C23H28N6O2/c1-15-8-12-29(13-9-15)23(31)19-14-18-21(25-11-10-24-16(2)30)27-20(28-22(18)26-19)17-6-4-3-5-7-17/h3-7,14-15H,8-13H2,1-2H3,(H,24,30)(H2,25,26,27,28). The van der Waals surface area contributed by atoms with E-state index >= 15 is 0 Å². The van der Waals surface area contributed by atoms with Gasteiger partial charge in [-0.15, -0.1) is 0 Å². The molecule has 0 bridgehead atoms. The number of hydrogen-bond donors (Lipinski definition) is 3. The van der Waals surface area contributed by atoms with Crippen LogP contribution in [0.3, 0.4) is 0 Å². The Hall–Kier alpha value is -3.42. The van der Waals surface area contributed by atoms with Crippen molar-refractivity contribution in [2.45, 2.75) is 26.7 Å². The van der Waals surface area contributed by atoms with Gasteiger partial charge in [-0.3, -0.25) is 9.59 Å². The maximum Gasteiger partial charge on any atom is 0.270 e. The first kappa shape index (κ1) is 20.8. The second-order valence-electron chi connectivity index (χ2n) is 8.09. The first-order valence-electron chi connectivity index (χ1n) is 10.7. The van der Waals surface area contributed by atoms with Gasteiger partial charge < -0.3 is 20.5 Å². The van der Waals surface area contributed by atoms with Crippen LogP contribution in [0.1, 0.15) is 37.2 Å². The summed E-state index contributed by atoms with van der Waals surface area (Å²) >= 11 is 0. The van der Waals surface area contributed by atoms with E-state index in [1.807, 2.05) is 41.3 Å². The lowest BCUT2D eigenvalue weighted by Crippen LogP contribution is -2.38. The van der Waals surface area contributed by atoms with Gasteiger partial charge in [-0.05, 0) is 24.8 Å². The fraction of sp³-hybridized carbons (Fsp3) is 0.391. The molecule has 1 saturated heterocycles. The zero-order valence-electron chi connectivity index (χ0n) is 17.9. The zero-order valence-corrected chi connectivity index (χ0v) is 17.9. The van der Waals surface area contributed by atoms with Crippen molar-refractivity contribution in [3.63, 3.8) is 0 Å². The molecule has 8 nitrogen and oxygen atoms in total. The number of carbonyl (C=O) groups excluding carboxylic acids is 2. The van der Waals surface area contributed by atoms with Crippen molar-refractivity contribution in [2.75, 3.05) is 31.5 Å². The fourth-order valence-electron chi connectivity index (χ4n) is 3.78. The number of carbonyl (C=O) groups is 2. The molecule has 3 N–H and O–H groups in total. The van der Waals surface area contributed by atoms with E-state index in [2.05, 4.69) is 27.5 Å². The molecule has 2 aromatic heterocycles. The number of piperidine rings is 1. The second-order valence-corrected chi connectivity index (χ2v) is 8.09. The molecule has 162 valence electrons. The van der Waals surface area contributed by atoms with Crippen molar-refractivity contribution in [1.82, 2.24) is 25.2 Å². The van der Waals surface area contributed by atoms with Crippen molar-refractivity contribution >= 4 is 28.7 Å². The molecule has 3 aromatic rings. The molecule has 1 fully saturated rings. The minimum absolute atomic E-state index is 0.00430. The normalized spacial score (nSPS) is 14.6. The molecule has 1 aliphatic rings. The van der Waals surface area contributed by atoms with Crippen molar-refractivity contribution in [1.29, 1.82) is 0 Å². The third-order valence-electron chi connectivity index (χ3n) is 5.61. The van der Waals surface area contributed by atoms with Crippen LogP contribution in [0.4, 0.5) is 5.82 Å². The van der Waals surface area contributed by atoms with E-state index in [9.17, 15) is 9.59 Å². The molecule has 0 spiro atoms. The summed E-state index contributed by atoms with van der Waals surface area (Å²) in [5.74, 6) is 1.78. The first-order chi connectivity index (χ1) is 15.0. The van der Waals surface area contributed by atoms with Gasteiger partial charge in [0.15, 0.2) is 5.82 Å². The van der Waals surface area contributed by atoms with Crippen molar-refractivity contribution in [3.8, 4) is 11.4 Å². The van der Waals surface area contributed by atoms with Crippen LogP contribution < -0.4 is 10.6 Å². The molecule has 1 aliphatic heterocycles. The Bertz CT molecular complexity index is 1070. The molecular weight excluding hydrogens is 392 g/mol. The van der Waals surface area contributed by atoms with E-state index in [0.29, 0.717) is 42.0 Å². The number of likely N-dealkylation sites (tertiary alicyclic amines) is 1. The minimum Gasteiger partial charge on any atom is -0.368 e. The van der Waals surface area contributed by atoms with Crippen molar-refractivity contribution < 1.29 is 9.59 Å². The Morgan fingerprint density at radius 3 is 2.58 bits per heavy atom. The average molecular weight is 421 g/mol. The minimum atomic E-state index is -0.0787. The number of amides is 2. The third-order valence-corrected chi connectivity index (χ3v) is 5.61. The molecule has 0 saturated carbocycles. The average Bonchev–Trinajstić information content (AvgIpc) is 3.21. The summed E-state index contributed by atoms with van der Waals surface area (Å²) in [6.07, 6.45) is 2.06. The van der Waals surface area contributed by atoms with Crippen LogP contribution in [0, 0.1) is 5.92 Å². The summed E-state index contributed by atoms with van der Waals surface area (Å²) in [7, 11) is 0. The van der Waals surface area contributed by atoms with Gasteiger partial charge in [-0.2, -0.15) is 0 Å². The molecule has 0 unspecified atom stereocenters. The Labute approximate surface area is 181 Å². The van der Waals surface area contributed by atoms with E-state index in [0.717, 1.165) is 36.9 Å². The first-order valence-corrected chi connectivity index (χ1v) is 10.7. The predicted molar refractivity (Wildman–Crippen MR) is 121 cm³/mol. The second kappa shape index (κ2) is 9.16. The summed E-state index contributed by atoms with van der Waals surface area (Å²) < 4.78 is 0. The lowest BCUT2D eigenvalue weighted by Gasteiger charge is -2.29. The molecule has 31 heavy (non-hydrogen) atoms. The molecule has 2 amide bonds. The quantitative estimate of drug-likeness (QED) is 0.532. The van der Waals surface area contributed by atoms with Gasteiger partial charge in [0, 0.05) is 38.7 Å². The summed E-state index contributed by atoms with van der Waals surface area (Å²) in [4.78, 5) is 38.7. The smallest absolute Gasteiger partial charge is 0.270 e.